The minimum Gasteiger partial charge on any atom is -0.488 e. The molecule has 5 nitrogen and oxygen atoms in total. The van der Waals surface area contributed by atoms with Gasteiger partial charge in [-0.05, 0) is 24.1 Å². The molecule has 1 aliphatic heterocycles. The Balaban J connectivity index is 1.71. The van der Waals surface area contributed by atoms with Gasteiger partial charge in [0.1, 0.15) is 12.4 Å². The summed E-state index contributed by atoms with van der Waals surface area (Å²) in [5, 5.41) is 19.3. The molecular formula is C20H23NO4. The molecule has 132 valence electrons. The van der Waals surface area contributed by atoms with Crippen LogP contribution in [0, 0.1) is 5.92 Å². The standard InChI is InChI=1S/C20H23NO4/c22-13-16-10-11-21(12-18(16)23)20(24)17-8-4-5-9-19(17)25-14-15-6-2-1-3-7-15/h1-9,16,18,22-23H,10-14H2/t16-,18+/m1/s1. The van der Waals surface area contributed by atoms with Crippen LogP contribution in [0.3, 0.4) is 0 Å². The van der Waals surface area contributed by atoms with Gasteiger partial charge in [-0.2, -0.15) is 0 Å². The SMILES string of the molecule is O=C(c1ccccc1OCc1ccccc1)N1CC[C@H](CO)[C@@H](O)C1. The van der Waals surface area contributed by atoms with E-state index in [2.05, 4.69) is 0 Å². The fraction of sp³-hybridized carbons (Fsp3) is 0.350. The Bertz CT molecular complexity index is 704. The first-order valence-electron chi connectivity index (χ1n) is 8.53. The fourth-order valence-corrected chi connectivity index (χ4v) is 3.05. The van der Waals surface area contributed by atoms with Crippen molar-refractivity contribution in [2.24, 2.45) is 5.92 Å². The summed E-state index contributed by atoms with van der Waals surface area (Å²) >= 11 is 0. The highest BCUT2D eigenvalue weighted by Gasteiger charge is 2.31. The molecule has 2 aromatic carbocycles. The van der Waals surface area contributed by atoms with Gasteiger partial charge in [0, 0.05) is 25.6 Å². The van der Waals surface area contributed by atoms with Gasteiger partial charge in [0.25, 0.3) is 5.91 Å². The van der Waals surface area contributed by atoms with E-state index in [1.54, 1.807) is 23.1 Å². The van der Waals surface area contributed by atoms with Crippen molar-refractivity contribution in [3.05, 3.63) is 65.7 Å². The number of ether oxygens (including phenoxy) is 1. The molecule has 1 saturated heterocycles. The summed E-state index contributed by atoms with van der Waals surface area (Å²) < 4.78 is 5.85. The van der Waals surface area contributed by atoms with Crippen molar-refractivity contribution >= 4 is 5.91 Å². The molecule has 0 aromatic heterocycles. The lowest BCUT2D eigenvalue weighted by Crippen LogP contribution is -2.47. The predicted molar refractivity (Wildman–Crippen MR) is 94.3 cm³/mol. The lowest BCUT2D eigenvalue weighted by atomic mass is 9.94. The predicted octanol–water partition coefficient (Wildman–Crippen LogP) is 2.08. The van der Waals surface area contributed by atoms with Gasteiger partial charge < -0.3 is 19.8 Å². The summed E-state index contributed by atoms with van der Waals surface area (Å²) in [4.78, 5) is 14.5. The maximum atomic E-state index is 12.8. The van der Waals surface area contributed by atoms with Crippen LogP contribution in [0.2, 0.25) is 0 Å². The molecule has 25 heavy (non-hydrogen) atoms. The third-order valence-electron chi connectivity index (χ3n) is 4.60. The molecule has 2 N–H and O–H groups in total. The fourth-order valence-electron chi connectivity index (χ4n) is 3.05. The Morgan fingerprint density at radius 1 is 1.12 bits per heavy atom. The summed E-state index contributed by atoms with van der Waals surface area (Å²) in [6.07, 6.45) is -0.101. The van der Waals surface area contributed by atoms with Gasteiger partial charge in [-0.25, -0.2) is 0 Å². The van der Waals surface area contributed by atoms with E-state index in [0.717, 1.165) is 5.56 Å². The summed E-state index contributed by atoms with van der Waals surface area (Å²) in [6, 6.07) is 17.0. The first kappa shape index (κ1) is 17.5. The average molecular weight is 341 g/mol. The summed E-state index contributed by atoms with van der Waals surface area (Å²) in [5.74, 6) is 0.225. The van der Waals surface area contributed by atoms with Gasteiger partial charge >= 0.3 is 0 Å². The molecule has 0 aliphatic carbocycles. The Kier molecular flexibility index (Phi) is 5.68. The number of amides is 1. The maximum absolute atomic E-state index is 12.8. The number of hydrogen-bond donors (Lipinski definition) is 2. The van der Waals surface area contributed by atoms with Crippen molar-refractivity contribution in [1.29, 1.82) is 0 Å². The van der Waals surface area contributed by atoms with E-state index in [4.69, 9.17) is 4.74 Å². The van der Waals surface area contributed by atoms with Gasteiger partial charge in [0.05, 0.1) is 11.7 Å². The van der Waals surface area contributed by atoms with Crippen LogP contribution < -0.4 is 4.74 Å². The minimum atomic E-state index is -0.694. The highest BCUT2D eigenvalue weighted by molar-refractivity contribution is 5.97. The number of nitrogens with zero attached hydrogens (tertiary/aromatic N) is 1. The number of carbonyl (C=O) groups excluding carboxylic acids is 1. The first-order valence-corrected chi connectivity index (χ1v) is 8.53. The molecular weight excluding hydrogens is 318 g/mol. The lowest BCUT2D eigenvalue weighted by molar-refractivity contribution is 0.000729. The molecule has 0 radical (unpaired) electrons. The number of carbonyl (C=O) groups is 1. The number of benzene rings is 2. The Labute approximate surface area is 147 Å². The molecule has 0 unspecified atom stereocenters. The van der Waals surface area contributed by atoms with E-state index < -0.39 is 6.10 Å². The molecule has 5 heteroatoms. The zero-order valence-corrected chi connectivity index (χ0v) is 14.0. The smallest absolute Gasteiger partial charge is 0.257 e. The Morgan fingerprint density at radius 3 is 2.56 bits per heavy atom. The molecule has 3 rings (SSSR count). The third kappa shape index (κ3) is 4.18. The van der Waals surface area contributed by atoms with Gasteiger partial charge in [0.15, 0.2) is 0 Å². The number of aliphatic hydroxyl groups excluding tert-OH is 2. The minimum absolute atomic E-state index is 0.0556. The molecule has 1 heterocycles. The first-order chi connectivity index (χ1) is 12.2. The van der Waals surface area contributed by atoms with Crippen molar-refractivity contribution in [2.75, 3.05) is 19.7 Å². The second-order valence-electron chi connectivity index (χ2n) is 6.32. The van der Waals surface area contributed by atoms with Crippen LogP contribution in [0.1, 0.15) is 22.3 Å². The highest BCUT2D eigenvalue weighted by atomic mass is 16.5. The number of likely N-dealkylation sites (tertiary alicyclic amines) is 1. The molecule has 0 bridgehead atoms. The molecule has 0 saturated carbocycles. The molecule has 1 amide bonds. The summed E-state index contributed by atoms with van der Waals surface area (Å²) in [7, 11) is 0. The summed E-state index contributed by atoms with van der Waals surface area (Å²) in [6.45, 7) is 1.09. The van der Waals surface area contributed by atoms with E-state index in [9.17, 15) is 15.0 Å². The van der Waals surface area contributed by atoms with Crippen LogP contribution in [0.4, 0.5) is 0 Å². The van der Waals surface area contributed by atoms with Crippen LogP contribution in [-0.4, -0.2) is 46.8 Å². The highest BCUT2D eigenvalue weighted by Crippen LogP contribution is 2.24. The van der Waals surface area contributed by atoms with Crippen molar-refractivity contribution in [3.8, 4) is 5.75 Å². The normalized spacial score (nSPS) is 20.3. The van der Waals surface area contributed by atoms with Gasteiger partial charge in [0.2, 0.25) is 0 Å². The van der Waals surface area contributed by atoms with E-state index >= 15 is 0 Å². The number of para-hydroxylation sites is 1. The van der Waals surface area contributed by atoms with Crippen molar-refractivity contribution in [2.45, 2.75) is 19.1 Å². The third-order valence-corrected chi connectivity index (χ3v) is 4.60. The Morgan fingerprint density at radius 2 is 1.84 bits per heavy atom. The van der Waals surface area contributed by atoms with E-state index in [1.165, 1.54) is 0 Å². The maximum Gasteiger partial charge on any atom is 0.257 e. The second kappa shape index (κ2) is 8.14. The van der Waals surface area contributed by atoms with E-state index in [-0.39, 0.29) is 25.0 Å². The largest absolute Gasteiger partial charge is 0.488 e. The van der Waals surface area contributed by atoms with Crippen molar-refractivity contribution < 1.29 is 19.7 Å². The van der Waals surface area contributed by atoms with Gasteiger partial charge in [-0.15, -0.1) is 0 Å². The van der Waals surface area contributed by atoms with Crippen LogP contribution in [-0.2, 0) is 6.61 Å². The van der Waals surface area contributed by atoms with Crippen LogP contribution >= 0.6 is 0 Å². The number of aliphatic hydroxyl groups is 2. The summed E-state index contributed by atoms with van der Waals surface area (Å²) in [5.41, 5.74) is 1.53. The van der Waals surface area contributed by atoms with Gasteiger partial charge in [-0.1, -0.05) is 42.5 Å². The van der Waals surface area contributed by atoms with Crippen LogP contribution in [0.25, 0.3) is 0 Å². The van der Waals surface area contributed by atoms with Crippen LogP contribution in [0.15, 0.2) is 54.6 Å². The van der Waals surface area contributed by atoms with Crippen molar-refractivity contribution in [3.63, 3.8) is 0 Å². The molecule has 1 fully saturated rings. The van der Waals surface area contributed by atoms with Gasteiger partial charge in [-0.3, -0.25) is 4.79 Å². The zero-order chi connectivity index (χ0) is 17.6. The molecule has 0 spiro atoms. The van der Waals surface area contributed by atoms with Crippen LogP contribution in [0.5, 0.6) is 5.75 Å². The number of rotatable bonds is 5. The second-order valence-corrected chi connectivity index (χ2v) is 6.32. The zero-order valence-electron chi connectivity index (χ0n) is 14.0. The number of β-amino-alcohol motifs (C(OH)–C–C–N with tert-alkyl or cyclic N) is 1. The van der Waals surface area contributed by atoms with E-state index in [0.29, 0.717) is 30.9 Å². The topological polar surface area (TPSA) is 70.0 Å². The van der Waals surface area contributed by atoms with Crippen molar-refractivity contribution in [1.82, 2.24) is 4.90 Å². The lowest BCUT2D eigenvalue weighted by Gasteiger charge is -2.35. The monoisotopic (exact) mass is 341 g/mol. The Hall–Kier alpha value is -2.37. The number of piperidine rings is 1. The molecule has 2 atom stereocenters. The molecule has 1 aliphatic rings. The van der Waals surface area contributed by atoms with E-state index in [1.807, 2.05) is 36.4 Å². The number of hydrogen-bond acceptors (Lipinski definition) is 4. The molecule has 2 aromatic rings. The quantitative estimate of drug-likeness (QED) is 0.874. The average Bonchev–Trinajstić information content (AvgIpc) is 2.67.